The van der Waals surface area contributed by atoms with Gasteiger partial charge < -0.3 is 14.9 Å². The molecule has 1 aliphatic heterocycles. The number of aliphatic hydroxyl groups is 2. The van der Waals surface area contributed by atoms with Crippen LogP contribution in [0, 0.1) is 11.8 Å². The van der Waals surface area contributed by atoms with Gasteiger partial charge in [0.2, 0.25) is 0 Å². The number of rotatable bonds is 4. The Morgan fingerprint density at radius 2 is 1.71 bits per heavy atom. The number of ether oxygens (including phenoxy) is 1. The highest BCUT2D eigenvalue weighted by molar-refractivity contribution is 6.35. The zero-order valence-corrected chi connectivity index (χ0v) is 17.5. The van der Waals surface area contributed by atoms with E-state index in [2.05, 4.69) is 4.90 Å². The van der Waals surface area contributed by atoms with E-state index in [0.717, 1.165) is 37.2 Å². The van der Waals surface area contributed by atoms with Crippen LogP contribution in [-0.4, -0.2) is 48.0 Å². The lowest BCUT2D eigenvalue weighted by molar-refractivity contribution is 0.113. The Morgan fingerprint density at radius 1 is 1.07 bits per heavy atom. The van der Waals surface area contributed by atoms with Crippen molar-refractivity contribution in [1.29, 1.82) is 0 Å². The maximum atomic E-state index is 10.3. The van der Waals surface area contributed by atoms with Gasteiger partial charge in [-0.1, -0.05) is 47.5 Å². The van der Waals surface area contributed by atoms with Crippen molar-refractivity contribution < 1.29 is 14.9 Å². The Kier molecular flexibility index (Phi) is 7.61. The lowest BCUT2D eigenvalue weighted by Gasteiger charge is -2.22. The lowest BCUT2D eigenvalue weighted by atomic mass is 10.0. The molecule has 2 fully saturated rings. The molecule has 2 unspecified atom stereocenters. The van der Waals surface area contributed by atoms with E-state index in [0.29, 0.717) is 28.4 Å². The van der Waals surface area contributed by atoms with E-state index in [1.807, 2.05) is 30.3 Å². The van der Waals surface area contributed by atoms with E-state index >= 15 is 0 Å². The monoisotopic (exact) mass is 423 g/mol. The van der Waals surface area contributed by atoms with E-state index in [1.165, 1.54) is 0 Å². The number of fused-ring (bicyclic) bond motifs is 1. The Labute approximate surface area is 176 Å². The lowest BCUT2D eigenvalue weighted by Crippen LogP contribution is -2.28. The fourth-order valence-corrected chi connectivity index (χ4v) is 4.72. The molecule has 1 heterocycles. The number of hydrogen-bond donors (Lipinski definition) is 2. The van der Waals surface area contributed by atoms with Crippen LogP contribution in [0.3, 0.4) is 0 Å². The first-order valence-corrected chi connectivity index (χ1v) is 10.3. The molecule has 1 aliphatic carbocycles. The van der Waals surface area contributed by atoms with Crippen LogP contribution in [0.5, 0.6) is 5.75 Å². The predicted molar refractivity (Wildman–Crippen MR) is 113 cm³/mol. The minimum Gasteiger partial charge on any atom is -0.497 e. The molecule has 0 spiro atoms. The number of β-amino-alcohol motifs (C(OH)–C–C–N with tert-alkyl or cyclic N) is 1. The average molecular weight is 424 g/mol. The van der Waals surface area contributed by atoms with Crippen molar-refractivity contribution in [2.45, 2.75) is 25.0 Å². The summed E-state index contributed by atoms with van der Waals surface area (Å²) in [5.74, 6) is 2.07. The summed E-state index contributed by atoms with van der Waals surface area (Å²) in [7, 11) is 1.66. The largest absolute Gasteiger partial charge is 0.497 e. The third-order valence-electron chi connectivity index (χ3n) is 5.53. The molecule has 2 N–H and O–H groups in total. The van der Waals surface area contributed by atoms with Crippen molar-refractivity contribution in [3.8, 4) is 5.75 Å². The van der Waals surface area contributed by atoms with Gasteiger partial charge in [-0.25, -0.2) is 0 Å². The smallest absolute Gasteiger partial charge is 0.118 e. The number of likely N-dealkylation sites (tertiary alicyclic amines) is 1. The number of hydrogen-bond acceptors (Lipinski definition) is 4. The van der Waals surface area contributed by atoms with E-state index in [9.17, 15) is 10.2 Å². The van der Waals surface area contributed by atoms with Gasteiger partial charge in [-0.05, 0) is 48.9 Å². The second-order valence-corrected chi connectivity index (χ2v) is 8.41. The maximum Gasteiger partial charge on any atom is 0.118 e. The van der Waals surface area contributed by atoms with Crippen LogP contribution in [0.25, 0.3) is 0 Å². The molecule has 0 aromatic heterocycles. The molecule has 1 saturated carbocycles. The zero-order valence-electron chi connectivity index (χ0n) is 16.0. The van der Waals surface area contributed by atoms with E-state index in [1.54, 1.807) is 25.3 Å². The Hall–Kier alpha value is -1.30. The number of halogens is 2. The van der Waals surface area contributed by atoms with Crippen LogP contribution in [0.4, 0.5) is 0 Å². The van der Waals surface area contributed by atoms with Gasteiger partial charge in [0.15, 0.2) is 0 Å². The Balaban J connectivity index is 0.000000236. The summed E-state index contributed by atoms with van der Waals surface area (Å²) < 4.78 is 4.91. The molecule has 4 atom stereocenters. The number of methoxy groups -OCH3 is 1. The third-order valence-corrected chi connectivity index (χ3v) is 6.10. The summed E-state index contributed by atoms with van der Waals surface area (Å²) in [5, 5.41) is 21.1. The molecule has 28 heavy (non-hydrogen) atoms. The molecular weight excluding hydrogens is 397 g/mol. The number of nitrogens with zero attached hydrogens (tertiary/aromatic N) is 1. The zero-order chi connectivity index (χ0) is 20.1. The van der Waals surface area contributed by atoms with Crippen molar-refractivity contribution in [2.24, 2.45) is 11.8 Å². The first-order valence-electron chi connectivity index (χ1n) is 9.58. The summed E-state index contributed by atoms with van der Waals surface area (Å²) in [4.78, 5) is 2.27. The number of benzene rings is 2. The molecule has 2 aromatic rings. The van der Waals surface area contributed by atoms with Gasteiger partial charge in [0.05, 0.1) is 19.3 Å². The number of para-hydroxylation sites is 1. The van der Waals surface area contributed by atoms with Gasteiger partial charge in [-0.2, -0.15) is 0 Å². The standard InChI is InChI=1S/C15H19Cl2NO2.C7H8O/c16-11-1-2-13(14(17)5-11)15(20)8-18-6-9-3-12(19)4-10(9)7-18;1-8-7-5-3-2-4-6-7/h1-2,5,9-10,12,15,19-20H,3-4,6-8H2;2-6H,1H3/t9-,10+,12?,15?;. The Bertz CT molecular complexity index is 745. The molecule has 4 rings (SSSR count). The molecule has 0 amide bonds. The van der Waals surface area contributed by atoms with Crippen molar-refractivity contribution in [3.63, 3.8) is 0 Å². The quantitative estimate of drug-likeness (QED) is 0.763. The summed E-state index contributed by atoms with van der Waals surface area (Å²) >= 11 is 12.0. The fraction of sp³-hybridized carbons (Fsp3) is 0.455. The molecule has 2 aliphatic rings. The van der Waals surface area contributed by atoms with Crippen molar-refractivity contribution in [3.05, 3.63) is 64.1 Å². The molecule has 0 radical (unpaired) electrons. The SMILES string of the molecule is COc1ccccc1.OC1C[C@@H]2CN(CC(O)c3ccc(Cl)cc3Cl)C[C@@H]2C1. The van der Waals surface area contributed by atoms with Gasteiger partial charge in [-0.3, -0.25) is 4.90 Å². The third kappa shape index (κ3) is 5.62. The van der Waals surface area contributed by atoms with Gasteiger partial charge in [0.25, 0.3) is 0 Å². The highest BCUT2D eigenvalue weighted by atomic mass is 35.5. The molecular formula is C22H27Cl2NO3. The molecule has 2 aromatic carbocycles. The first-order chi connectivity index (χ1) is 13.5. The summed E-state index contributed by atoms with van der Waals surface area (Å²) in [6.07, 6.45) is 1.09. The summed E-state index contributed by atoms with van der Waals surface area (Å²) in [6, 6.07) is 14.9. The minimum absolute atomic E-state index is 0.122. The van der Waals surface area contributed by atoms with Gasteiger partial charge in [0, 0.05) is 35.2 Å². The number of aliphatic hydroxyl groups excluding tert-OH is 2. The highest BCUT2D eigenvalue weighted by Crippen LogP contribution is 2.38. The second-order valence-electron chi connectivity index (χ2n) is 7.56. The molecule has 6 heteroatoms. The minimum atomic E-state index is -0.594. The summed E-state index contributed by atoms with van der Waals surface area (Å²) in [6.45, 7) is 2.51. The normalized spacial score (nSPS) is 25.0. The van der Waals surface area contributed by atoms with E-state index < -0.39 is 6.10 Å². The van der Waals surface area contributed by atoms with Crippen LogP contribution in [0.2, 0.25) is 10.0 Å². The summed E-state index contributed by atoms with van der Waals surface area (Å²) in [5.41, 5.74) is 0.730. The molecule has 4 nitrogen and oxygen atoms in total. The molecule has 1 saturated heterocycles. The Morgan fingerprint density at radius 3 is 2.25 bits per heavy atom. The van der Waals surface area contributed by atoms with Crippen LogP contribution < -0.4 is 4.74 Å². The van der Waals surface area contributed by atoms with Crippen LogP contribution in [0.1, 0.15) is 24.5 Å². The van der Waals surface area contributed by atoms with Gasteiger partial charge in [-0.15, -0.1) is 0 Å². The first kappa shape index (κ1) is 21.4. The van der Waals surface area contributed by atoms with Crippen molar-refractivity contribution in [1.82, 2.24) is 4.90 Å². The van der Waals surface area contributed by atoms with Crippen LogP contribution in [0.15, 0.2) is 48.5 Å². The molecule has 152 valence electrons. The van der Waals surface area contributed by atoms with E-state index in [-0.39, 0.29) is 6.10 Å². The predicted octanol–water partition coefficient (Wildman–Crippen LogP) is 4.42. The van der Waals surface area contributed by atoms with Crippen LogP contribution >= 0.6 is 23.2 Å². The van der Waals surface area contributed by atoms with E-state index in [4.69, 9.17) is 27.9 Å². The van der Waals surface area contributed by atoms with Crippen molar-refractivity contribution >= 4 is 23.2 Å². The van der Waals surface area contributed by atoms with Crippen molar-refractivity contribution in [2.75, 3.05) is 26.7 Å². The second kappa shape index (κ2) is 9.95. The highest BCUT2D eigenvalue weighted by Gasteiger charge is 2.40. The van der Waals surface area contributed by atoms with Crippen LogP contribution in [-0.2, 0) is 0 Å². The fourth-order valence-electron chi connectivity index (χ4n) is 4.19. The molecule has 0 bridgehead atoms. The van der Waals surface area contributed by atoms with Gasteiger partial charge >= 0.3 is 0 Å². The topological polar surface area (TPSA) is 52.9 Å². The average Bonchev–Trinajstić information content (AvgIpc) is 3.19. The maximum absolute atomic E-state index is 10.3. The van der Waals surface area contributed by atoms with Gasteiger partial charge in [0.1, 0.15) is 5.75 Å².